The number of thiazole rings is 1. The van der Waals surface area contributed by atoms with Crippen LogP contribution < -0.4 is 15.4 Å². The summed E-state index contributed by atoms with van der Waals surface area (Å²) >= 11 is 1.30. The van der Waals surface area contributed by atoms with Crippen molar-refractivity contribution >= 4 is 38.3 Å². The van der Waals surface area contributed by atoms with Crippen LogP contribution in [0, 0.1) is 0 Å². The SMILES string of the molecule is CC(=O)Nc1nc2c(Oc3cc(-c4ccc(C(F)(F)F)cc4NCc4cncn4Cc4ccccc4)ncn3)cccc2s1. The van der Waals surface area contributed by atoms with Gasteiger partial charge in [-0.2, -0.15) is 13.2 Å². The first-order chi connectivity index (χ1) is 21.2. The first-order valence-electron chi connectivity index (χ1n) is 13.4. The predicted molar refractivity (Wildman–Crippen MR) is 162 cm³/mol. The molecule has 0 aliphatic carbocycles. The summed E-state index contributed by atoms with van der Waals surface area (Å²) in [5.41, 5.74) is 2.62. The van der Waals surface area contributed by atoms with Gasteiger partial charge in [0.15, 0.2) is 10.9 Å². The fraction of sp³-hybridized carbons (Fsp3) is 0.129. The molecular formula is C31H24F3N7O2S. The van der Waals surface area contributed by atoms with Crippen LogP contribution in [-0.2, 0) is 24.1 Å². The number of hydrogen-bond donors (Lipinski definition) is 2. The number of carbonyl (C=O) groups is 1. The Morgan fingerprint density at radius 2 is 1.86 bits per heavy atom. The van der Waals surface area contributed by atoms with Crippen molar-refractivity contribution in [2.45, 2.75) is 26.2 Å². The number of aromatic nitrogens is 5. The van der Waals surface area contributed by atoms with E-state index in [1.165, 1.54) is 30.7 Å². The van der Waals surface area contributed by atoms with Crippen molar-refractivity contribution in [1.82, 2.24) is 24.5 Å². The zero-order chi connectivity index (χ0) is 30.7. The lowest BCUT2D eigenvalue weighted by Gasteiger charge is -2.16. The zero-order valence-electron chi connectivity index (χ0n) is 23.2. The van der Waals surface area contributed by atoms with Gasteiger partial charge in [0.25, 0.3) is 0 Å². The number of nitrogens with one attached hydrogen (secondary N) is 2. The molecule has 1 amide bonds. The number of fused-ring (bicyclic) bond motifs is 1. The van der Waals surface area contributed by atoms with Gasteiger partial charge in [0.2, 0.25) is 11.8 Å². The Kier molecular flexibility index (Phi) is 7.94. The minimum atomic E-state index is -4.54. The maximum atomic E-state index is 13.7. The van der Waals surface area contributed by atoms with E-state index in [0.717, 1.165) is 28.1 Å². The molecule has 0 unspecified atom stereocenters. The van der Waals surface area contributed by atoms with E-state index >= 15 is 0 Å². The molecule has 0 saturated heterocycles. The van der Waals surface area contributed by atoms with Crippen LogP contribution >= 0.6 is 11.3 Å². The van der Waals surface area contributed by atoms with Crippen molar-refractivity contribution in [2.24, 2.45) is 0 Å². The van der Waals surface area contributed by atoms with E-state index in [9.17, 15) is 18.0 Å². The Bertz CT molecular complexity index is 1940. The first kappa shape index (κ1) is 28.8. The molecule has 44 heavy (non-hydrogen) atoms. The third-order valence-corrected chi connectivity index (χ3v) is 7.53. The lowest BCUT2D eigenvalue weighted by Crippen LogP contribution is -2.10. The monoisotopic (exact) mass is 615 g/mol. The van der Waals surface area contributed by atoms with Gasteiger partial charge in [-0.3, -0.25) is 4.79 Å². The van der Waals surface area contributed by atoms with Crippen LogP contribution in [0.4, 0.5) is 24.0 Å². The lowest BCUT2D eigenvalue weighted by molar-refractivity contribution is -0.137. The summed E-state index contributed by atoms with van der Waals surface area (Å²) < 4.78 is 49.9. The lowest BCUT2D eigenvalue weighted by atomic mass is 10.1. The molecule has 3 heterocycles. The normalized spacial score (nSPS) is 11.5. The molecule has 0 atom stereocenters. The summed E-state index contributed by atoms with van der Waals surface area (Å²) in [5, 5.41) is 6.26. The maximum Gasteiger partial charge on any atom is 0.416 e. The first-order valence-corrected chi connectivity index (χ1v) is 14.2. The quantitative estimate of drug-likeness (QED) is 0.175. The molecule has 0 spiro atoms. The number of ether oxygens (including phenoxy) is 1. The minimum Gasteiger partial charge on any atom is -0.437 e. The van der Waals surface area contributed by atoms with Gasteiger partial charge in [-0.25, -0.2) is 19.9 Å². The molecule has 3 aromatic carbocycles. The molecule has 222 valence electrons. The van der Waals surface area contributed by atoms with Crippen molar-refractivity contribution < 1.29 is 22.7 Å². The molecule has 2 N–H and O–H groups in total. The maximum absolute atomic E-state index is 13.7. The Balaban J connectivity index is 1.29. The number of alkyl halides is 3. The Morgan fingerprint density at radius 1 is 1.02 bits per heavy atom. The highest BCUT2D eigenvalue weighted by Crippen LogP contribution is 2.38. The predicted octanol–water partition coefficient (Wildman–Crippen LogP) is 7.38. The van der Waals surface area contributed by atoms with E-state index in [1.807, 2.05) is 41.0 Å². The molecule has 0 saturated carbocycles. The largest absolute Gasteiger partial charge is 0.437 e. The molecule has 0 bridgehead atoms. The second-order valence-corrected chi connectivity index (χ2v) is 10.8. The highest BCUT2D eigenvalue weighted by molar-refractivity contribution is 7.22. The topological polar surface area (TPSA) is 107 Å². The number of rotatable bonds is 9. The van der Waals surface area contributed by atoms with Crippen LogP contribution in [0.1, 0.15) is 23.7 Å². The van der Waals surface area contributed by atoms with Crippen LogP contribution in [0.25, 0.3) is 21.5 Å². The number of anilines is 2. The Hall–Kier alpha value is -5.30. The third-order valence-electron chi connectivity index (χ3n) is 6.60. The molecular weight excluding hydrogens is 591 g/mol. The number of benzene rings is 3. The van der Waals surface area contributed by atoms with E-state index in [-0.39, 0.29) is 24.0 Å². The summed E-state index contributed by atoms with van der Waals surface area (Å²) in [7, 11) is 0. The molecule has 9 nitrogen and oxygen atoms in total. The van der Waals surface area contributed by atoms with E-state index in [1.54, 1.807) is 30.7 Å². The molecule has 0 fully saturated rings. The van der Waals surface area contributed by atoms with Crippen molar-refractivity contribution in [2.75, 3.05) is 10.6 Å². The van der Waals surface area contributed by atoms with Crippen LogP contribution in [0.5, 0.6) is 11.6 Å². The van der Waals surface area contributed by atoms with Crippen molar-refractivity contribution in [3.63, 3.8) is 0 Å². The fourth-order valence-electron chi connectivity index (χ4n) is 4.56. The zero-order valence-corrected chi connectivity index (χ0v) is 24.0. The second-order valence-electron chi connectivity index (χ2n) is 9.76. The summed E-state index contributed by atoms with van der Waals surface area (Å²) in [5.74, 6) is 0.328. The van der Waals surface area contributed by atoms with Gasteiger partial charge < -0.3 is 19.9 Å². The average molecular weight is 616 g/mol. The van der Waals surface area contributed by atoms with Gasteiger partial charge in [-0.1, -0.05) is 53.8 Å². The van der Waals surface area contributed by atoms with E-state index < -0.39 is 11.7 Å². The number of nitrogens with zero attached hydrogens (tertiary/aromatic N) is 5. The molecule has 3 aromatic heterocycles. The van der Waals surface area contributed by atoms with E-state index in [4.69, 9.17) is 4.74 Å². The number of para-hydroxylation sites is 1. The summed E-state index contributed by atoms with van der Waals surface area (Å²) in [6.07, 6.45) is 0.112. The second kappa shape index (κ2) is 12.1. The Labute approximate surface area is 253 Å². The van der Waals surface area contributed by atoms with Gasteiger partial charge in [-0.15, -0.1) is 0 Å². The number of carbonyl (C=O) groups excluding carboxylic acids is 1. The molecule has 13 heteroatoms. The summed E-state index contributed by atoms with van der Waals surface area (Å²) in [6.45, 7) is 2.19. The van der Waals surface area contributed by atoms with E-state index in [2.05, 4.69) is 30.6 Å². The number of halogens is 3. The highest BCUT2D eigenvalue weighted by Gasteiger charge is 2.31. The van der Waals surface area contributed by atoms with Crippen molar-refractivity contribution in [3.05, 3.63) is 108 Å². The number of amides is 1. The summed E-state index contributed by atoms with van der Waals surface area (Å²) in [4.78, 5) is 28.7. The van der Waals surface area contributed by atoms with E-state index in [0.29, 0.717) is 34.2 Å². The van der Waals surface area contributed by atoms with Crippen molar-refractivity contribution in [1.29, 1.82) is 0 Å². The average Bonchev–Trinajstić information content (AvgIpc) is 3.62. The molecule has 0 aliphatic rings. The van der Waals surface area contributed by atoms with Gasteiger partial charge in [-0.05, 0) is 29.8 Å². The number of imidazole rings is 1. The summed E-state index contributed by atoms with van der Waals surface area (Å²) in [6, 6.07) is 20.2. The Morgan fingerprint density at radius 3 is 2.66 bits per heavy atom. The smallest absolute Gasteiger partial charge is 0.416 e. The van der Waals surface area contributed by atoms with Crippen molar-refractivity contribution in [3.8, 4) is 22.9 Å². The third kappa shape index (κ3) is 6.52. The van der Waals surface area contributed by atoms with Gasteiger partial charge >= 0.3 is 6.18 Å². The molecule has 6 rings (SSSR count). The van der Waals surface area contributed by atoms with Crippen LogP contribution in [-0.4, -0.2) is 30.4 Å². The minimum absolute atomic E-state index is 0.170. The molecule has 0 aliphatic heterocycles. The number of hydrogen-bond acceptors (Lipinski definition) is 8. The van der Waals surface area contributed by atoms with Crippen LogP contribution in [0.3, 0.4) is 0 Å². The van der Waals surface area contributed by atoms with Crippen LogP contribution in [0.15, 0.2) is 91.6 Å². The van der Waals surface area contributed by atoms with Gasteiger partial charge in [0.05, 0.1) is 34.5 Å². The van der Waals surface area contributed by atoms with Gasteiger partial charge in [0.1, 0.15) is 11.8 Å². The van der Waals surface area contributed by atoms with Gasteiger partial charge in [0, 0.05) is 37.0 Å². The standard InChI is InChI=1S/C31H24F3N7O2S/c1-19(42)39-30-40-29-26(8-5-9-27(29)44-30)43-28-13-25(37-17-38-28)23-11-10-21(31(32,33)34)12-24(23)36-15-22-14-35-18-41(22)16-20-6-3-2-4-7-20/h2-14,17-18,36H,15-16H2,1H3,(H,39,40,42). The molecule has 6 aromatic rings. The fourth-order valence-corrected chi connectivity index (χ4v) is 5.49. The highest BCUT2D eigenvalue weighted by atomic mass is 32.1. The molecule has 0 radical (unpaired) electrons. The van der Waals surface area contributed by atoms with Crippen LogP contribution in [0.2, 0.25) is 0 Å².